The van der Waals surface area contributed by atoms with Crippen LogP contribution in [0, 0.1) is 6.92 Å². The van der Waals surface area contributed by atoms with Crippen molar-refractivity contribution in [2.75, 3.05) is 26.7 Å². The molecular weight excluding hydrogens is 242 g/mol. The van der Waals surface area contributed by atoms with E-state index in [9.17, 15) is 5.11 Å². The first-order chi connectivity index (χ1) is 9.08. The molecule has 1 heterocycles. The number of hydrogen-bond acceptors (Lipinski definition) is 4. The summed E-state index contributed by atoms with van der Waals surface area (Å²) in [6, 6.07) is 6.22. The van der Waals surface area contributed by atoms with Crippen LogP contribution in [0.4, 0.5) is 0 Å². The number of benzene rings is 1. The van der Waals surface area contributed by atoms with Crippen LogP contribution in [-0.2, 0) is 6.42 Å². The van der Waals surface area contributed by atoms with Gasteiger partial charge in [0.25, 0.3) is 0 Å². The zero-order chi connectivity index (χ0) is 13.8. The van der Waals surface area contributed by atoms with Gasteiger partial charge in [0, 0.05) is 13.1 Å². The van der Waals surface area contributed by atoms with Gasteiger partial charge in [-0.25, -0.2) is 4.98 Å². The molecule has 0 amide bonds. The molecule has 2 aromatic rings. The number of rotatable bonds is 6. The lowest BCUT2D eigenvalue weighted by atomic mass is 10.1. The Morgan fingerprint density at radius 2 is 2.21 bits per heavy atom. The van der Waals surface area contributed by atoms with Crippen molar-refractivity contribution in [1.82, 2.24) is 14.9 Å². The van der Waals surface area contributed by atoms with E-state index in [-0.39, 0.29) is 6.61 Å². The van der Waals surface area contributed by atoms with E-state index >= 15 is 0 Å². The molecule has 19 heavy (non-hydrogen) atoms. The molecule has 0 saturated heterocycles. The van der Waals surface area contributed by atoms with Gasteiger partial charge in [0.15, 0.2) is 0 Å². The van der Waals surface area contributed by atoms with Crippen LogP contribution < -0.4 is 0 Å². The van der Waals surface area contributed by atoms with Crippen LogP contribution in [-0.4, -0.2) is 57.9 Å². The van der Waals surface area contributed by atoms with Crippen molar-refractivity contribution in [3.05, 3.63) is 29.6 Å². The third-order valence-corrected chi connectivity index (χ3v) is 3.18. The van der Waals surface area contributed by atoms with E-state index in [1.54, 1.807) is 0 Å². The molecule has 0 saturated carbocycles. The van der Waals surface area contributed by atoms with Gasteiger partial charge in [-0.15, -0.1) is 0 Å². The fourth-order valence-corrected chi connectivity index (χ4v) is 2.17. The number of nitrogens with zero attached hydrogens (tertiary/aromatic N) is 2. The number of nitrogens with one attached hydrogen (secondary N) is 1. The summed E-state index contributed by atoms with van der Waals surface area (Å²) in [4.78, 5) is 9.62. The second-order valence-electron chi connectivity index (χ2n) is 5.02. The van der Waals surface area contributed by atoms with Gasteiger partial charge in [0.1, 0.15) is 5.82 Å². The molecular formula is C14H21N3O2. The van der Waals surface area contributed by atoms with E-state index < -0.39 is 6.10 Å². The maximum atomic E-state index is 9.36. The Morgan fingerprint density at radius 1 is 1.42 bits per heavy atom. The Labute approximate surface area is 112 Å². The van der Waals surface area contributed by atoms with E-state index in [0.717, 1.165) is 29.8 Å². The summed E-state index contributed by atoms with van der Waals surface area (Å²) in [5.74, 6) is 0.926. The van der Waals surface area contributed by atoms with Crippen LogP contribution in [0.2, 0.25) is 0 Å². The Kier molecular flexibility index (Phi) is 4.52. The predicted octanol–water partition coefficient (Wildman–Crippen LogP) is 0.699. The van der Waals surface area contributed by atoms with Crippen LogP contribution in [0.25, 0.3) is 11.0 Å². The molecule has 0 aliphatic carbocycles. The largest absolute Gasteiger partial charge is 0.394 e. The second kappa shape index (κ2) is 6.14. The number of aromatic amines is 1. The highest BCUT2D eigenvalue weighted by Gasteiger charge is 2.07. The minimum atomic E-state index is -0.664. The fourth-order valence-electron chi connectivity index (χ4n) is 2.17. The molecule has 1 aromatic carbocycles. The number of aliphatic hydroxyl groups excluding tert-OH is 2. The Hall–Kier alpha value is -1.43. The molecule has 104 valence electrons. The number of aliphatic hydroxyl groups is 2. The first-order valence-corrected chi connectivity index (χ1v) is 6.51. The maximum Gasteiger partial charge on any atom is 0.104 e. The topological polar surface area (TPSA) is 72.4 Å². The van der Waals surface area contributed by atoms with E-state index in [4.69, 9.17) is 5.11 Å². The minimum Gasteiger partial charge on any atom is -0.394 e. The molecule has 1 atom stereocenters. The van der Waals surface area contributed by atoms with Crippen LogP contribution in [0.15, 0.2) is 18.2 Å². The molecule has 1 aromatic heterocycles. The van der Waals surface area contributed by atoms with Crippen LogP contribution in [0.5, 0.6) is 0 Å². The summed E-state index contributed by atoms with van der Waals surface area (Å²) >= 11 is 0. The Bertz CT molecular complexity index is 538. The van der Waals surface area contributed by atoms with Crippen molar-refractivity contribution < 1.29 is 10.2 Å². The highest BCUT2D eigenvalue weighted by Crippen LogP contribution is 2.14. The standard InChI is InChI=1S/C14H21N3O2/c1-10-15-13-4-3-11(7-14(13)16-10)5-6-17(2)8-12(19)9-18/h3-4,7,12,18-19H,5-6,8-9H2,1-2H3,(H,15,16). The van der Waals surface area contributed by atoms with Gasteiger partial charge in [-0.1, -0.05) is 6.07 Å². The summed E-state index contributed by atoms with van der Waals surface area (Å²) < 4.78 is 0. The number of imidazole rings is 1. The van der Waals surface area contributed by atoms with Gasteiger partial charge in [-0.2, -0.15) is 0 Å². The first kappa shape index (κ1) is 14.0. The molecule has 0 bridgehead atoms. The zero-order valence-corrected chi connectivity index (χ0v) is 11.4. The molecule has 5 nitrogen and oxygen atoms in total. The number of aryl methyl sites for hydroxylation is 1. The number of fused-ring (bicyclic) bond motifs is 1. The summed E-state index contributed by atoms with van der Waals surface area (Å²) in [6.07, 6.45) is 0.241. The normalized spacial score (nSPS) is 13.3. The third kappa shape index (κ3) is 3.76. The highest BCUT2D eigenvalue weighted by atomic mass is 16.3. The number of H-pyrrole nitrogens is 1. The van der Waals surface area contributed by atoms with Gasteiger partial charge in [-0.3, -0.25) is 0 Å². The molecule has 2 rings (SSSR count). The van der Waals surface area contributed by atoms with Crippen molar-refractivity contribution in [2.24, 2.45) is 0 Å². The average molecular weight is 263 g/mol. The van der Waals surface area contributed by atoms with Crippen LogP contribution in [0.1, 0.15) is 11.4 Å². The van der Waals surface area contributed by atoms with E-state index in [0.29, 0.717) is 6.54 Å². The van der Waals surface area contributed by atoms with Crippen molar-refractivity contribution in [2.45, 2.75) is 19.4 Å². The molecule has 0 fully saturated rings. The number of hydrogen-bond donors (Lipinski definition) is 3. The van der Waals surface area contributed by atoms with Gasteiger partial charge in [-0.05, 0) is 38.1 Å². The van der Waals surface area contributed by atoms with Crippen LogP contribution in [0.3, 0.4) is 0 Å². The van der Waals surface area contributed by atoms with E-state index in [1.807, 2.05) is 24.9 Å². The zero-order valence-electron chi connectivity index (χ0n) is 11.4. The van der Waals surface area contributed by atoms with Crippen molar-refractivity contribution >= 4 is 11.0 Å². The molecule has 0 aliphatic heterocycles. The minimum absolute atomic E-state index is 0.191. The van der Waals surface area contributed by atoms with Gasteiger partial charge in [0.2, 0.25) is 0 Å². The first-order valence-electron chi connectivity index (χ1n) is 6.51. The molecule has 0 radical (unpaired) electrons. The SMILES string of the molecule is Cc1nc2ccc(CCN(C)CC(O)CO)cc2[nH]1. The monoisotopic (exact) mass is 263 g/mol. The second-order valence-corrected chi connectivity index (χ2v) is 5.02. The van der Waals surface area contributed by atoms with E-state index in [2.05, 4.69) is 22.1 Å². The molecule has 5 heteroatoms. The molecule has 0 aliphatic rings. The van der Waals surface area contributed by atoms with Gasteiger partial charge < -0.3 is 20.1 Å². The molecule has 3 N–H and O–H groups in total. The summed E-state index contributed by atoms with van der Waals surface area (Å²) in [7, 11) is 1.94. The number of aromatic nitrogens is 2. The summed E-state index contributed by atoms with van der Waals surface area (Å²) in [5, 5.41) is 18.2. The average Bonchev–Trinajstić information content (AvgIpc) is 2.75. The number of likely N-dealkylation sites (N-methyl/N-ethyl adjacent to an activating group) is 1. The van der Waals surface area contributed by atoms with Crippen molar-refractivity contribution in [1.29, 1.82) is 0 Å². The van der Waals surface area contributed by atoms with Crippen molar-refractivity contribution in [3.8, 4) is 0 Å². The lowest BCUT2D eigenvalue weighted by molar-refractivity contribution is 0.0669. The van der Waals surface area contributed by atoms with Gasteiger partial charge >= 0.3 is 0 Å². The fraction of sp³-hybridized carbons (Fsp3) is 0.500. The molecule has 1 unspecified atom stereocenters. The van der Waals surface area contributed by atoms with Crippen LogP contribution >= 0.6 is 0 Å². The smallest absolute Gasteiger partial charge is 0.104 e. The maximum absolute atomic E-state index is 9.36. The lowest BCUT2D eigenvalue weighted by Crippen LogP contribution is -2.32. The lowest BCUT2D eigenvalue weighted by Gasteiger charge is -2.19. The van der Waals surface area contributed by atoms with E-state index in [1.165, 1.54) is 5.56 Å². The van der Waals surface area contributed by atoms with Crippen molar-refractivity contribution in [3.63, 3.8) is 0 Å². The van der Waals surface area contributed by atoms with Gasteiger partial charge in [0.05, 0.1) is 23.7 Å². The third-order valence-electron chi connectivity index (χ3n) is 3.18. The summed E-state index contributed by atoms with van der Waals surface area (Å²) in [5.41, 5.74) is 3.29. The highest BCUT2D eigenvalue weighted by molar-refractivity contribution is 5.75. The quantitative estimate of drug-likeness (QED) is 0.717. The molecule has 0 spiro atoms. The Morgan fingerprint density at radius 3 is 2.95 bits per heavy atom. The predicted molar refractivity (Wildman–Crippen MR) is 75.1 cm³/mol. The summed E-state index contributed by atoms with van der Waals surface area (Å²) in [6.45, 7) is 3.09. The Balaban J connectivity index is 1.94.